The largest absolute Gasteiger partial charge is 0.366 e. The van der Waals surface area contributed by atoms with Crippen molar-refractivity contribution in [2.75, 3.05) is 23.3 Å². The van der Waals surface area contributed by atoms with E-state index in [9.17, 15) is 9.59 Å². The summed E-state index contributed by atoms with van der Waals surface area (Å²) >= 11 is 0. The van der Waals surface area contributed by atoms with E-state index in [2.05, 4.69) is 10.4 Å². The van der Waals surface area contributed by atoms with E-state index in [1.54, 1.807) is 19.2 Å². The Morgan fingerprint density at radius 3 is 2.39 bits per heavy atom. The molecule has 23 heavy (non-hydrogen) atoms. The van der Waals surface area contributed by atoms with Crippen molar-refractivity contribution in [3.63, 3.8) is 0 Å². The summed E-state index contributed by atoms with van der Waals surface area (Å²) in [6.45, 7) is 7.24. The predicted molar refractivity (Wildman–Crippen MR) is 92.2 cm³/mol. The highest BCUT2D eigenvalue weighted by Crippen LogP contribution is 2.21. The second-order valence-corrected chi connectivity index (χ2v) is 5.33. The molecule has 1 heterocycles. The van der Waals surface area contributed by atoms with Gasteiger partial charge in [-0.15, -0.1) is 0 Å². The number of nitrogens with zero attached hydrogens (tertiary/aromatic N) is 3. The van der Waals surface area contributed by atoms with Crippen LogP contribution < -0.4 is 15.8 Å². The van der Waals surface area contributed by atoms with Gasteiger partial charge < -0.3 is 10.2 Å². The van der Waals surface area contributed by atoms with Crippen molar-refractivity contribution in [3.8, 4) is 0 Å². The smallest absolute Gasteiger partial charge is 0.292 e. The molecule has 0 fully saturated rings. The topological polar surface area (TPSA) is 67.2 Å². The summed E-state index contributed by atoms with van der Waals surface area (Å²) in [5, 5.41) is 6.82. The Balaban J connectivity index is 2.39. The van der Waals surface area contributed by atoms with Crippen molar-refractivity contribution >= 4 is 17.3 Å². The molecule has 1 N–H and O–H groups in total. The fourth-order valence-corrected chi connectivity index (χ4v) is 2.36. The minimum atomic E-state index is -0.256. The molecule has 122 valence electrons. The summed E-state index contributed by atoms with van der Waals surface area (Å²) in [6.07, 6.45) is 1.52. The first-order valence-electron chi connectivity index (χ1n) is 7.67. The SMILES string of the molecule is CCN(CC)c1c(NC(=O)c2ccc(C)cc2)cnn(C)c1=O. The molecule has 1 aromatic carbocycles. The summed E-state index contributed by atoms with van der Waals surface area (Å²) in [5.74, 6) is -0.256. The molecule has 0 atom stereocenters. The van der Waals surface area contributed by atoms with Gasteiger partial charge in [0.05, 0.1) is 11.9 Å². The second kappa shape index (κ2) is 7.09. The Morgan fingerprint density at radius 1 is 1.22 bits per heavy atom. The zero-order valence-corrected chi connectivity index (χ0v) is 14.0. The van der Waals surface area contributed by atoms with Gasteiger partial charge >= 0.3 is 0 Å². The average Bonchev–Trinajstić information content (AvgIpc) is 2.55. The lowest BCUT2D eigenvalue weighted by Crippen LogP contribution is -2.33. The summed E-state index contributed by atoms with van der Waals surface area (Å²) in [6, 6.07) is 7.28. The van der Waals surface area contributed by atoms with E-state index in [4.69, 9.17) is 0 Å². The lowest BCUT2D eigenvalue weighted by Gasteiger charge is -2.23. The van der Waals surface area contributed by atoms with Gasteiger partial charge in [0.2, 0.25) is 0 Å². The lowest BCUT2D eigenvalue weighted by molar-refractivity contribution is 0.102. The summed E-state index contributed by atoms with van der Waals surface area (Å²) in [4.78, 5) is 26.7. The van der Waals surface area contributed by atoms with Crippen LogP contribution in [-0.4, -0.2) is 28.8 Å². The fourth-order valence-electron chi connectivity index (χ4n) is 2.36. The van der Waals surface area contributed by atoms with Crippen molar-refractivity contribution in [3.05, 3.63) is 51.9 Å². The number of aromatic nitrogens is 2. The van der Waals surface area contributed by atoms with Gasteiger partial charge in [-0.2, -0.15) is 5.10 Å². The fraction of sp³-hybridized carbons (Fsp3) is 0.353. The van der Waals surface area contributed by atoms with Crippen LogP contribution in [0.1, 0.15) is 29.8 Å². The Hall–Kier alpha value is -2.63. The van der Waals surface area contributed by atoms with Gasteiger partial charge in [-0.3, -0.25) is 9.59 Å². The van der Waals surface area contributed by atoms with Crippen molar-refractivity contribution < 1.29 is 4.79 Å². The molecule has 0 aliphatic heterocycles. The number of hydrogen-bond acceptors (Lipinski definition) is 4. The molecule has 2 aromatic rings. The Bertz CT molecular complexity index is 746. The van der Waals surface area contributed by atoms with Crippen molar-refractivity contribution in [1.29, 1.82) is 0 Å². The third-order valence-electron chi connectivity index (χ3n) is 3.75. The maximum absolute atomic E-state index is 12.4. The number of hydrogen-bond donors (Lipinski definition) is 1. The number of anilines is 2. The number of aryl methyl sites for hydroxylation is 2. The monoisotopic (exact) mass is 314 g/mol. The molecule has 1 aromatic heterocycles. The molecule has 0 unspecified atom stereocenters. The average molecular weight is 314 g/mol. The number of rotatable bonds is 5. The van der Waals surface area contributed by atoms with Crippen molar-refractivity contribution in [2.45, 2.75) is 20.8 Å². The van der Waals surface area contributed by atoms with Crippen LogP contribution in [0.2, 0.25) is 0 Å². The molecule has 1 amide bonds. The lowest BCUT2D eigenvalue weighted by atomic mass is 10.1. The van der Waals surface area contributed by atoms with E-state index in [-0.39, 0.29) is 11.5 Å². The maximum Gasteiger partial charge on any atom is 0.292 e. The predicted octanol–water partition coefficient (Wildman–Crippen LogP) is 2.19. The zero-order chi connectivity index (χ0) is 17.0. The minimum absolute atomic E-state index is 0.226. The molecule has 2 rings (SSSR count). The molecule has 0 spiro atoms. The highest BCUT2D eigenvalue weighted by Gasteiger charge is 2.17. The maximum atomic E-state index is 12.4. The highest BCUT2D eigenvalue weighted by molar-refractivity contribution is 6.05. The Morgan fingerprint density at radius 2 is 1.83 bits per heavy atom. The molecule has 6 nitrogen and oxygen atoms in total. The molecular formula is C17H22N4O2. The van der Waals surface area contributed by atoms with Crippen LogP contribution in [-0.2, 0) is 7.05 Å². The third-order valence-corrected chi connectivity index (χ3v) is 3.75. The van der Waals surface area contributed by atoms with Crippen LogP contribution in [0.3, 0.4) is 0 Å². The molecule has 6 heteroatoms. The van der Waals surface area contributed by atoms with Crippen molar-refractivity contribution in [1.82, 2.24) is 9.78 Å². The van der Waals surface area contributed by atoms with Gasteiger partial charge in [0.15, 0.2) is 0 Å². The molecule has 0 saturated carbocycles. The standard InChI is InChI=1S/C17H22N4O2/c1-5-21(6-2)15-14(11-18-20(4)17(15)23)19-16(22)13-9-7-12(3)8-10-13/h7-11H,5-6H2,1-4H3,(H,19,22). The van der Waals surface area contributed by atoms with Crippen LogP contribution in [0.4, 0.5) is 11.4 Å². The van der Waals surface area contributed by atoms with Gasteiger partial charge in [-0.25, -0.2) is 4.68 Å². The Kier molecular flexibility index (Phi) is 5.16. The normalized spacial score (nSPS) is 10.4. The molecule has 0 aliphatic rings. The van der Waals surface area contributed by atoms with Gasteiger partial charge in [0, 0.05) is 25.7 Å². The zero-order valence-electron chi connectivity index (χ0n) is 14.0. The van der Waals surface area contributed by atoms with Gasteiger partial charge in [-0.1, -0.05) is 17.7 Å². The van der Waals surface area contributed by atoms with E-state index in [1.807, 2.05) is 37.8 Å². The number of nitrogens with one attached hydrogen (secondary N) is 1. The van der Waals surface area contributed by atoms with Gasteiger partial charge in [-0.05, 0) is 32.9 Å². The number of carbonyl (C=O) groups is 1. The van der Waals surface area contributed by atoms with E-state index in [1.165, 1.54) is 10.9 Å². The quantitative estimate of drug-likeness (QED) is 0.918. The molecule has 0 radical (unpaired) electrons. The van der Waals surface area contributed by atoms with E-state index < -0.39 is 0 Å². The first-order valence-corrected chi connectivity index (χ1v) is 7.67. The van der Waals surface area contributed by atoms with Crippen LogP contribution in [0.25, 0.3) is 0 Å². The molecule has 0 bridgehead atoms. The van der Waals surface area contributed by atoms with Crippen molar-refractivity contribution in [2.24, 2.45) is 7.05 Å². The van der Waals surface area contributed by atoms with Crippen LogP contribution >= 0.6 is 0 Å². The number of amides is 1. The van der Waals surface area contributed by atoms with E-state index in [0.29, 0.717) is 30.0 Å². The van der Waals surface area contributed by atoms with Gasteiger partial charge in [0.25, 0.3) is 11.5 Å². The first kappa shape index (κ1) is 16.7. The molecular weight excluding hydrogens is 292 g/mol. The number of carbonyl (C=O) groups excluding carboxylic acids is 1. The molecule has 0 aliphatic carbocycles. The van der Waals surface area contributed by atoms with Gasteiger partial charge in [0.1, 0.15) is 5.69 Å². The first-order chi connectivity index (χ1) is 11.0. The van der Waals surface area contributed by atoms with Crippen LogP contribution in [0.5, 0.6) is 0 Å². The minimum Gasteiger partial charge on any atom is -0.366 e. The van der Waals surface area contributed by atoms with Crippen LogP contribution in [0.15, 0.2) is 35.3 Å². The number of benzene rings is 1. The van der Waals surface area contributed by atoms with Crippen LogP contribution in [0, 0.1) is 6.92 Å². The second-order valence-electron chi connectivity index (χ2n) is 5.33. The Labute approximate surface area is 135 Å². The molecule has 0 saturated heterocycles. The summed E-state index contributed by atoms with van der Waals surface area (Å²) in [5.41, 5.74) is 2.30. The summed E-state index contributed by atoms with van der Waals surface area (Å²) < 4.78 is 1.27. The summed E-state index contributed by atoms with van der Waals surface area (Å²) in [7, 11) is 1.60. The highest BCUT2D eigenvalue weighted by atomic mass is 16.2. The third kappa shape index (κ3) is 3.59. The van der Waals surface area contributed by atoms with E-state index >= 15 is 0 Å². The van der Waals surface area contributed by atoms with E-state index in [0.717, 1.165) is 5.56 Å².